The summed E-state index contributed by atoms with van der Waals surface area (Å²) in [6, 6.07) is 17.5. The summed E-state index contributed by atoms with van der Waals surface area (Å²) < 4.78 is 6.56. The van der Waals surface area contributed by atoms with Crippen molar-refractivity contribution in [2.75, 3.05) is 20.1 Å². The van der Waals surface area contributed by atoms with E-state index in [0.717, 1.165) is 25.9 Å². The Kier molecular flexibility index (Phi) is 5.14. The van der Waals surface area contributed by atoms with Crippen molar-refractivity contribution in [2.24, 2.45) is 0 Å². The van der Waals surface area contributed by atoms with Crippen LogP contribution < -0.4 is 0 Å². The van der Waals surface area contributed by atoms with E-state index in [0.29, 0.717) is 6.10 Å². The molecule has 0 spiro atoms. The summed E-state index contributed by atoms with van der Waals surface area (Å²) in [5, 5.41) is 0. The molecule has 0 unspecified atom stereocenters. The van der Waals surface area contributed by atoms with Crippen LogP contribution in [0.2, 0.25) is 0 Å². The first-order chi connectivity index (χ1) is 11.1. The molecule has 2 aromatic carbocycles. The van der Waals surface area contributed by atoms with Gasteiger partial charge in [-0.15, -0.1) is 0 Å². The summed E-state index contributed by atoms with van der Waals surface area (Å²) in [7, 11) is 2.19. The lowest BCUT2D eigenvalue weighted by atomic mass is 9.98. The van der Waals surface area contributed by atoms with Crippen molar-refractivity contribution >= 4 is 0 Å². The second kappa shape index (κ2) is 7.29. The lowest BCUT2D eigenvalue weighted by Crippen LogP contribution is -2.35. The van der Waals surface area contributed by atoms with E-state index in [4.69, 9.17) is 4.74 Å². The molecule has 1 fully saturated rings. The average molecular weight is 309 g/mol. The van der Waals surface area contributed by atoms with Gasteiger partial charge in [0.2, 0.25) is 0 Å². The monoisotopic (exact) mass is 309 g/mol. The Morgan fingerprint density at radius 3 is 1.70 bits per heavy atom. The SMILES string of the molecule is Cc1ccc(C(OC2CCN(C)CC2)c2ccc(C)cc2)cc1. The molecule has 122 valence electrons. The maximum atomic E-state index is 6.56. The van der Waals surface area contributed by atoms with Gasteiger partial charge in [-0.25, -0.2) is 0 Å². The zero-order chi connectivity index (χ0) is 16.2. The van der Waals surface area contributed by atoms with Crippen LogP contribution in [0, 0.1) is 13.8 Å². The van der Waals surface area contributed by atoms with Gasteiger partial charge in [0.25, 0.3) is 0 Å². The van der Waals surface area contributed by atoms with Crippen molar-refractivity contribution in [1.29, 1.82) is 0 Å². The van der Waals surface area contributed by atoms with E-state index in [1.807, 2.05) is 0 Å². The van der Waals surface area contributed by atoms with E-state index in [1.165, 1.54) is 22.3 Å². The smallest absolute Gasteiger partial charge is 0.108 e. The van der Waals surface area contributed by atoms with Crippen molar-refractivity contribution in [3.8, 4) is 0 Å². The summed E-state index contributed by atoms with van der Waals surface area (Å²) in [5.41, 5.74) is 5.07. The zero-order valence-electron chi connectivity index (χ0n) is 14.5. The highest BCUT2D eigenvalue weighted by atomic mass is 16.5. The molecule has 0 bridgehead atoms. The Morgan fingerprint density at radius 1 is 0.826 bits per heavy atom. The zero-order valence-corrected chi connectivity index (χ0v) is 14.5. The Morgan fingerprint density at radius 2 is 1.26 bits per heavy atom. The van der Waals surface area contributed by atoms with Gasteiger partial charge in [-0.3, -0.25) is 0 Å². The van der Waals surface area contributed by atoms with E-state index in [-0.39, 0.29) is 6.10 Å². The van der Waals surface area contributed by atoms with Gasteiger partial charge in [0.1, 0.15) is 6.10 Å². The maximum Gasteiger partial charge on any atom is 0.108 e. The maximum absolute atomic E-state index is 6.56. The lowest BCUT2D eigenvalue weighted by molar-refractivity contribution is -0.0234. The molecule has 1 aliphatic rings. The van der Waals surface area contributed by atoms with Crippen molar-refractivity contribution in [1.82, 2.24) is 4.90 Å². The molecule has 1 saturated heterocycles. The highest BCUT2D eigenvalue weighted by Gasteiger charge is 2.23. The summed E-state index contributed by atoms with van der Waals surface area (Å²) in [5.74, 6) is 0. The van der Waals surface area contributed by atoms with Crippen LogP contribution in [0.5, 0.6) is 0 Å². The normalized spacial score (nSPS) is 16.9. The van der Waals surface area contributed by atoms with E-state index < -0.39 is 0 Å². The number of ether oxygens (including phenoxy) is 1. The molecule has 0 N–H and O–H groups in total. The van der Waals surface area contributed by atoms with Crippen LogP contribution in [0.3, 0.4) is 0 Å². The number of benzene rings is 2. The van der Waals surface area contributed by atoms with Crippen LogP contribution in [0.25, 0.3) is 0 Å². The second-order valence-corrected chi connectivity index (χ2v) is 6.84. The van der Waals surface area contributed by atoms with Crippen molar-refractivity contribution in [3.63, 3.8) is 0 Å². The quantitative estimate of drug-likeness (QED) is 0.824. The lowest BCUT2D eigenvalue weighted by Gasteiger charge is -2.32. The van der Waals surface area contributed by atoms with E-state index in [2.05, 4.69) is 74.3 Å². The molecule has 2 heteroatoms. The topological polar surface area (TPSA) is 12.5 Å². The molecule has 0 aliphatic carbocycles. The van der Waals surface area contributed by atoms with Gasteiger partial charge in [-0.2, -0.15) is 0 Å². The van der Waals surface area contributed by atoms with Crippen LogP contribution in [0.4, 0.5) is 0 Å². The van der Waals surface area contributed by atoms with Gasteiger partial charge in [0.05, 0.1) is 6.10 Å². The third-order valence-corrected chi connectivity index (χ3v) is 4.75. The molecule has 0 amide bonds. The number of hydrogen-bond acceptors (Lipinski definition) is 2. The summed E-state index contributed by atoms with van der Waals surface area (Å²) >= 11 is 0. The molecule has 1 aliphatic heterocycles. The number of hydrogen-bond donors (Lipinski definition) is 0. The fourth-order valence-corrected chi connectivity index (χ4v) is 3.15. The Labute approximate surface area is 140 Å². The minimum atomic E-state index is 0.0320. The molecule has 1 heterocycles. The van der Waals surface area contributed by atoms with Gasteiger partial charge < -0.3 is 9.64 Å². The summed E-state index contributed by atoms with van der Waals surface area (Å²) in [6.07, 6.45) is 2.61. The van der Waals surface area contributed by atoms with E-state index in [9.17, 15) is 0 Å². The predicted molar refractivity (Wildman–Crippen MR) is 95.8 cm³/mol. The third kappa shape index (κ3) is 4.21. The Hall–Kier alpha value is -1.64. The number of rotatable bonds is 4. The molecular weight excluding hydrogens is 282 g/mol. The minimum absolute atomic E-state index is 0.0320. The molecule has 0 atom stereocenters. The molecule has 3 rings (SSSR count). The average Bonchev–Trinajstić information content (AvgIpc) is 2.56. The fraction of sp³-hybridized carbons (Fsp3) is 0.429. The number of nitrogens with zero attached hydrogens (tertiary/aromatic N) is 1. The van der Waals surface area contributed by atoms with E-state index in [1.54, 1.807) is 0 Å². The molecule has 2 nitrogen and oxygen atoms in total. The fourth-order valence-electron chi connectivity index (χ4n) is 3.15. The van der Waals surface area contributed by atoms with Crippen LogP contribution in [-0.2, 0) is 4.74 Å². The van der Waals surface area contributed by atoms with Gasteiger partial charge >= 0.3 is 0 Å². The number of likely N-dealkylation sites (tertiary alicyclic amines) is 1. The first-order valence-corrected chi connectivity index (χ1v) is 8.59. The Balaban J connectivity index is 1.83. The third-order valence-electron chi connectivity index (χ3n) is 4.75. The highest BCUT2D eigenvalue weighted by Crippen LogP contribution is 2.30. The minimum Gasteiger partial charge on any atom is -0.365 e. The standard InChI is InChI=1S/C21H27NO/c1-16-4-8-18(9-5-16)21(19-10-6-17(2)7-11-19)23-20-12-14-22(3)15-13-20/h4-11,20-21H,12-15H2,1-3H3. The molecular formula is C21H27NO. The van der Waals surface area contributed by atoms with Crippen molar-refractivity contribution < 1.29 is 4.74 Å². The van der Waals surface area contributed by atoms with Gasteiger partial charge in [-0.05, 0) is 44.9 Å². The van der Waals surface area contributed by atoms with Crippen LogP contribution in [0.15, 0.2) is 48.5 Å². The summed E-state index contributed by atoms with van der Waals surface area (Å²) in [6.45, 7) is 6.50. The van der Waals surface area contributed by atoms with Crippen molar-refractivity contribution in [2.45, 2.75) is 38.9 Å². The van der Waals surface area contributed by atoms with Gasteiger partial charge in [0, 0.05) is 13.1 Å². The van der Waals surface area contributed by atoms with E-state index >= 15 is 0 Å². The Bertz CT molecular complexity index is 564. The molecule has 2 aromatic rings. The molecule has 0 saturated carbocycles. The first-order valence-electron chi connectivity index (χ1n) is 8.59. The number of aryl methyl sites for hydroxylation is 2. The second-order valence-electron chi connectivity index (χ2n) is 6.84. The molecule has 0 aromatic heterocycles. The van der Waals surface area contributed by atoms with Crippen molar-refractivity contribution in [3.05, 3.63) is 70.8 Å². The van der Waals surface area contributed by atoms with Gasteiger partial charge in [-0.1, -0.05) is 59.7 Å². The van der Waals surface area contributed by atoms with Crippen LogP contribution >= 0.6 is 0 Å². The largest absolute Gasteiger partial charge is 0.365 e. The van der Waals surface area contributed by atoms with Gasteiger partial charge in [0.15, 0.2) is 0 Å². The predicted octanol–water partition coefficient (Wildman–Crippen LogP) is 4.50. The summed E-state index contributed by atoms with van der Waals surface area (Å²) in [4.78, 5) is 2.38. The van der Waals surface area contributed by atoms with Crippen LogP contribution in [-0.4, -0.2) is 31.1 Å². The molecule has 0 radical (unpaired) electrons. The first kappa shape index (κ1) is 16.2. The highest BCUT2D eigenvalue weighted by molar-refractivity contribution is 5.33. The van der Waals surface area contributed by atoms with Crippen LogP contribution in [0.1, 0.15) is 41.2 Å². The molecule has 23 heavy (non-hydrogen) atoms. The number of piperidine rings is 1.